The van der Waals surface area contributed by atoms with Crippen LogP contribution in [0.2, 0.25) is 0 Å². The van der Waals surface area contributed by atoms with Crippen LogP contribution in [0.15, 0.2) is 52.0 Å². The van der Waals surface area contributed by atoms with Gasteiger partial charge in [-0.1, -0.05) is 28.1 Å². The number of halogens is 1. The normalized spacial score (nSPS) is 11.0. The van der Waals surface area contributed by atoms with Gasteiger partial charge in [-0.2, -0.15) is 14.9 Å². The van der Waals surface area contributed by atoms with E-state index in [1.54, 1.807) is 18.0 Å². The summed E-state index contributed by atoms with van der Waals surface area (Å²) in [6.45, 7) is 2.28. The van der Waals surface area contributed by atoms with Crippen LogP contribution in [-0.4, -0.2) is 28.2 Å². The molecule has 26 heavy (non-hydrogen) atoms. The van der Waals surface area contributed by atoms with Gasteiger partial charge in [0.15, 0.2) is 11.5 Å². The number of methoxy groups -OCH3 is 1. The summed E-state index contributed by atoms with van der Waals surface area (Å²) in [6.07, 6.45) is 1.69. The monoisotopic (exact) mass is 432 g/mol. The Labute approximate surface area is 164 Å². The van der Waals surface area contributed by atoms with Gasteiger partial charge in [0.1, 0.15) is 12.4 Å². The SMILES string of the molecule is COc1cc(/C=N\n2c(C)n[nH]c2=S)ccc1OCc1ccc(Br)cc1. The first-order valence-electron chi connectivity index (χ1n) is 7.80. The molecule has 0 aliphatic heterocycles. The number of nitrogens with one attached hydrogen (secondary N) is 1. The highest BCUT2D eigenvalue weighted by molar-refractivity contribution is 9.10. The molecule has 0 amide bonds. The van der Waals surface area contributed by atoms with E-state index in [1.165, 1.54) is 0 Å². The van der Waals surface area contributed by atoms with E-state index >= 15 is 0 Å². The van der Waals surface area contributed by atoms with Crippen molar-refractivity contribution in [3.05, 3.63) is 68.7 Å². The molecule has 3 aromatic rings. The van der Waals surface area contributed by atoms with Gasteiger partial charge in [0.25, 0.3) is 0 Å². The molecule has 0 atom stereocenters. The van der Waals surface area contributed by atoms with E-state index in [1.807, 2.05) is 49.4 Å². The molecule has 0 aliphatic carbocycles. The molecule has 0 radical (unpaired) electrons. The van der Waals surface area contributed by atoms with Crippen molar-refractivity contribution in [3.63, 3.8) is 0 Å². The van der Waals surface area contributed by atoms with Crippen LogP contribution in [-0.2, 0) is 6.61 Å². The Hall–Kier alpha value is -2.45. The zero-order chi connectivity index (χ0) is 18.5. The van der Waals surface area contributed by atoms with Crippen molar-refractivity contribution in [1.29, 1.82) is 0 Å². The molecular formula is C18H17BrN4O2S. The molecule has 2 aromatic carbocycles. The lowest BCUT2D eigenvalue weighted by molar-refractivity contribution is 0.284. The minimum Gasteiger partial charge on any atom is -0.493 e. The summed E-state index contributed by atoms with van der Waals surface area (Å²) in [5.74, 6) is 2.00. The maximum Gasteiger partial charge on any atom is 0.216 e. The summed E-state index contributed by atoms with van der Waals surface area (Å²) in [7, 11) is 1.61. The van der Waals surface area contributed by atoms with Crippen molar-refractivity contribution in [2.24, 2.45) is 5.10 Å². The average Bonchev–Trinajstić information content (AvgIpc) is 2.97. The third kappa shape index (κ3) is 4.39. The van der Waals surface area contributed by atoms with Gasteiger partial charge in [-0.15, -0.1) is 0 Å². The number of aryl methyl sites for hydroxylation is 1. The van der Waals surface area contributed by atoms with Crippen molar-refractivity contribution >= 4 is 34.4 Å². The van der Waals surface area contributed by atoms with Crippen LogP contribution in [0.1, 0.15) is 17.0 Å². The van der Waals surface area contributed by atoms with E-state index in [4.69, 9.17) is 21.7 Å². The second-order valence-electron chi connectivity index (χ2n) is 5.46. The van der Waals surface area contributed by atoms with E-state index in [2.05, 4.69) is 31.2 Å². The lowest BCUT2D eigenvalue weighted by atomic mass is 10.2. The molecular weight excluding hydrogens is 416 g/mol. The number of nitrogens with zero attached hydrogens (tertiary/aromatic N) is 3. The molecule has 0 aliphatic rings. The first-order chi connectivity index (χ1) is 12.6. The molecule has 8 heteroatoms. The molecule has 3 rings (SSSR count). The van der Waals surface area contributed by atoms with Gasteiger partial charge in [-0.3, -0.25) is 5.10 Å². The van der Waals surface area contributed by atoms with E-state index in [-0.39, 0.29) is 0 Å². The van der Waals surface area contributed by atoms with Crippen LogP contribution in [0.3, 0.4) is 0 Å². The van der Waals surface area contributed by atoms with E-state index in [0.717, 1.165) is 15.6 Å². The molecule has 1 heterocycles. The fourth-order valence-electron chi connectivity index (χ4n) is 2.26. The zero-order valence-electron chi connectivity index (χ0n) is 14.3. The standard InChI is InChI=1S/C18H17BrN4O2S/c1-12-21-22-18(26)23(12)20-10-14-5-8-16(17(9-14)24-2)25-11-13-3-6-15(19)7-4-13/h3-10H,11H2,1-2H3,(H,22,26)/b20-10-. The summed E-state index contributed by atoms with van der Waals surface area (Å²) in [5.41, 5.74) is 1.94. The highest BCUT2D eigenvalue weighted by Gasteiger charge is 2.06. The molecule has 0 saturated heterocycles. The highest BCUT2D eigenvalue weighted by atomic mass is 79.9. The predicted octanol–water partition coefficient (Wildman–Crippen LogP) is 4.48. The molecule has 0 spiro atoms. The van der Waals surface area contributed by atoms with Crippen LogP contribution in [0, 0.1) is 11.7 Å². The van der Waals surface area contributed by atoms with Gasteiger partial charge in [0.2, 0.25) is 4.77 Å². The van der Waals surface area contributed by atoms with Crippen molar-refractivity contribution < 1.29 is 9.47 Å². The van der Waals surface area contributed by atoms with Crippen LogP contribution < -0.4 is 9.47 Å². The van der Waals surface area contributed by atoms with Gasteiger partial charge >= 0.3 is 0 Å². The smallest absolute Gasteiger partial charge is 0.216 e. The predicted molar refractivity (Wildman–Crippen MR) is 107 cm³/mol. The molecule has 1 aromatic heterocycles. The lowest BCUT2D eigenvalue weighted by Crippen LogP contribution is -1.99. The van der Waals surface area contributed by atoms with Crippen molar-refractivity contribution in [2.45, 2.75) is 13.5 Å². The summed E-state index contributed by atoms with van der Waals surface area (Å²) in [5, 5.41) is 11.0. The Balaban J connectivity index is 1.75. The minimum atomic E-state index is 0.445. The Kier molecular flexibility index (Phi) is 5.85. The third-order valence-electron chi connectivity index (χ3n) is 3.63. The number of aromatic amines is 1. The fraction of sp³-hybridized carbons (Fsp3) is 0.167. The second-order valence-corrected chi connectivity index (χ2v) is 6.76. The Bertz CT molecular complexity index is 980. The molecule has 134 valence electrons. The Morgan fingerprint density at radius 2 is 2.00 bits per heavy atom. The number of H-pyrrole nitrogens is 1. The molecule has 6 nitrogen and oxygen atoms in total. The molecule has 0 saturated carbocycles. The summed E-state index contributed by atoms with van der Waals surface area (Å²) in [4.78, 5) is 0. The van der Waals surface area contributed by atoms with Crippen molar-refractivity contribution in [2.75, 3.05) is 7.11 Å². The Morgan fingerprint density at radius 1 is 1.23 bits per heavy atom. The van der Waals surface area contributed by atoms with Crippen LogP contribution in [0.5, 0.6) is 11.5 Å². The number of rotatable bonds is 6. The third-order valence-corrected chi connectivity index (χ3v) is 4.42. The van der Waals surface area contributed by atoms with Gasteiger partial charge in [0.05, 0.1) is 13.3 Å². The second kappa shape index (κ2) is 8.29. The molecule has 0 unspecified atom stereocenters. The maximum atomic E-state index is 5.88. The van der Waals surface area contributed by atoms with Gasteiger partial charge < -0.3 is 9.47 Å². The van der Waals surface area contributed by atoms with Crippen LogP contribution in [0.25, 0.3) is 0 Å². The van der Waals surface area contributed by atoms with Crippen molar-refractivity contribution in [3.8, 4) is 11.5 Å². The summed E-state index contributed by atoms with van der Waals surface area (Å²) in [6, 6.07) is 13.6. The van der Waals surface area contributed by atoms with E-state index in [9.17, 15) is 0 Å². The summed E-state index contributed by atoms with van der Waals surface area (Å²) >= 11 is 8.55. The lowest BCUT2D eigenvalue weighted by Gasteiger charge is -2.11. The number of benzene rings is 2. The van der Waals surface area contributed by atoms with Crippen LogP contribution >= 0.6 is 28.1 Å². The van der Waals surface area contributed by atoms with Gasteiger partial charge in [-0.25, -0.2) is 0 Å². The largest absolute Gasteiger partial charge is 0.493 e. The van der Waals surface area contributed by atoms with E-state index < -0.39 is 0 Å². The zero-order valence-corrected chi connectivity index (χ0v) is 16.7. The fourth-order valence-corrected chi connectivity index (χ4v) is 2.75. The number of ether oxygens (including phenoxy) is 2. The number of aromatic nitrogens is 3. The average molecular weight is 433 g/mol. The first kappa shape index (κ1) is 18.3. The van der Waals surface area contributed by atoms with E-state index in [0.29, 0.717) is 28.7 Å². The molecule has 0 fully saturated rings. The Morgan fingerprint density at radius 3 is 2.65 bits per heavy atom. The number of hydrogen-bond donors (Lipinski definition) is 1. The first-order valence-corrected chi connectivity index (χ1v) is 9.00. The molecule has 0 bridgehead atoms. The number of hydrogen-bond acceptors (Lipinski definition) is 5. The minimum absolute atomic E-state index is 0.445. The summed E-state index contributed by atoms with van der Waals surface area (Å²) < 4.78 is 14.4. The topological polar surface area (TPSA) is 64.4 Å². The van der Waals surface area contributed by atoms with Crippen LogP contribution in [0.4, 0.5) is 0 Å². The quantitative estimate of drug-likeness (QED) is 0.460. The maximum absolute atomic E-state index is 5.88. The van der Waals surface area contributed by atoms with Crippen molar-refractivity contribution in [1.82, 2.24) is 14.9 Å². The molecule has 1 N–H and O–H groups in total. The van der Waals surface area contributed by atoms with Gasteiger partial charge in [-0.05, 0) is 60.6 Å². The highest BCUT2D eigenvalue weighted by Crippen LogP contribution is 2.28. The van der Waals surface area contributed by atoms with Gasteiger partial charge in [0, 0.05) is 4.47 Å².